The van der Waals surface area contributed by atoms with E-state index in [2.05, 4.69) is 22.2 Å². The Labute approximate surface area is 106 Å². The Bertz CT molecular complexity index is 410. The Morgan fingerprint density at radius 2 is 2.41 bits per heavy atom. The molecule has 1 unspecified atom stereocenters. The number of rotatable bonds is 2. The molecule has 1 saturated heterocycles. The van der Waals surface area contributed by atoms with Crippen molar-refractivity contribution in [3.8, 4) is 0 Å². The topological polar surface area (TPSA) is 45.2 Å². The Morgan fingerprint density at radius 1 is 1.59 bits per heavy atom. The van der Waals surface area contributed by atoms with Gasteiger partial charge in [-0.25, -0.2) is 4.98 Å². The van der Waals surface area contributed by atoms with Crippen molar-refractivity contribution in [1.29, 1.82) is 0 Å². The monoisotopic (exact) mass is 253 g/mol. The zero-order valence-electron chi connectivity index (χ0n) is 9.82. The third-order valence-electron chi connectivity index (χ3n) is 2.91. The van der Waals surface area contributed by atoms with Gasteiger partial charge < -0.3 is 10.2 Å². The number of carbonyl (C=O) groups excluding carboxylic acids is 1. The molecule has 0 aromatic carbocycles. The van der Waals surface area contributed by atoms with E-state index in [4.69, 9.17) is 11.6 Å². The SMILES string of the molecule is CN1CCCC(NC(=O)c2cccc(Cl)n2)C1. The quantitative estimate of drug-likeness (QED) is 0.814. The van der Waals surface area contributed by atoms with E-state index in [0.717, 1.165) is 25.9 Å². The summed E-state index contributed by atoms with van der Waals surface area (Å²) in [5.41, 5.74) is 0.380. The Hall–Kier alpha value is -1.13. The second-order valence-electron chi connectivity index (χ2n) is 4.42. The molecule has 0 radical (unpaired) electrons. The van der Waals surface area contributed by atoms with Gasteiger partial charge in [0, 0.05) is 12.6 Å². The largest absolute Gasteiger partial charge is 0.347 e. The zero-order chi connectivity index (χ0) is 12.3. The van der Waals surface area contributed by atoms with Gasteiger partial charge >= 0.3 is 0 Å². The number of aromatic nitrogens is 1. The lowest BCUT2D eigenvalue weighted by molar-refractivity contribution is 0.0907. The van der Waals surface area contributed by atoms with E-state index in [0.29, 0.717) is 10.8 Å². The second kappa shape index (κ2) is 5.47. The molecule has 2 rings (SSSR count). The van der Waals surface area contributed by atoms with Gasteiger partial charge in [-0.15, -0.1) is 0 Å². The van der Waals surface area contributed by atoms with E-state index in [1.165, 1.54) is 0 Å². The van der Waals surface area contributed by atoms with Crippen molar-refractivity contribution in [2.24, 2.45) is 0 Å². The van der Waals surface area contributed by atoms with Crippen molar-refractivity contribution in [3.63, 3.8) is 0 Å². The Kier molecular flexibility index (Phi) is 3.97. The van der Waals surface area contributed by atoms with E-state index >= 15 is 0 Å². The van der Waals surface area contributed by atoms with Crippen molar-refractivity contribution < 1.29 is 4.79 Å². The van der Waals surface area contributed by atoms with Gasteiger partial charge in [-0.1, -0.05) is 17.7 Å². The number of nitrogens with zero attached hydrogens (tertiary/aromatic N) is 2. The number of nitrogens with one attached hydrogen (secondary N) is 1. The number of carbonyl (C=O) groups is 1. The highest BCUT2D eigenvalue weighted by molar-refractivity contribution is 6.29. The minimum absolute atomic E-state index is 0.146. The van der Waals surface area contributed by atoms with Crippen molar-refractivity contribution in [2.75, 3.05) is 20.1 Å². The molecule has 17 heavy (non-hydrogen) atoms. The molecule has 4 nitrogen and oxygen atoms in total. The van der Waals surface area contributed by atoms with Crippen LogP contribution in [0.1, 0.15) is 23.3 Å². The van der Waals surface area contributed by atoms with Crippen molar-refractivity contribution in [3.05, 3.63) is 29.0 Å². The smallest absolute Gasteiger partial charge is 0.270 e. The predicted octanol–water partition coefficient (Wildman–Crippen LogP) is 1.56. The number of pyridine rings is 1. The van der Waals surface area contributed by atoms with Crippen LogP contribution in [0.3, 0.4) is 0 Å². The summed E-state index contributed by atoms with van der Waals surface area (Å²) in [6.45, 7) is 1.99. The molecule has 5 heteroatoms. The molecule has 1 fully saturated rings. The molecule has 1 aliphatic heterocycles. The summed E-state index contributed by atoms with van der Waals surface area (Å²) >= 11 is 5.76. The normalized spacial score (nSPS) is 21.2. The van der Waals surface area contributed by atoms with Gasteiger partial charge in [0.2, 0.25) is 0 Å². The number of hydrogen-bond acceptors (Lipinski definition) is 3. The van der Waals surface area contributed by atoms with Crippen molar-refractivity contribution in [2.45, 2.75) is 18.9 Å². The van der Waals surface area contributed by atoms with Gasteiger partial charge in [-0.2, -0.15) is 0 Å². The van der Waals surface area contributed by atoms with Crippen molar-refractivity contribution in [1.82, 2.24) is 15.2 Å². The fourth-order valence-corrected chi connectivity index (χ4v) is 2.24. The van der Waals surface area contributed by atoms with Crippen LogP contribution in [0.4, 0.5) is 0 Å². The van der Waals surface area contributed by atoms with Crippen LogP contribution in [-0.2, 0) is 0 Å². The number of piperidine rings is 1. The van der Waals surface area contributed by atoms with E-state index in [1.807, 2.05) is 0 Å². The Balaban J connectivity index is 1.97. The summed E-state index contributed by atoms with van der Waals surface area (Å²) in [7, 11) is 2.07. The molecule has 92 valence electrons. The lowest BCUT2D eigenvalue weighted by Crippen LogP contribution is -2.46. The first kappa shape index (κ1) is 12.3. The molecular weight excluding hydrogens is 238 g/mol. The highest BCUT2D eigenvalue weighted by atomic mass is 35.5. The first-order chi connectivity index (χ1) is 8.15. The number of halogens is 1. The molecule has 2 heterocycles. The zero-order valence-corrected chi connectivity index (χ0v) is 10.6. The van der Waals surface area contributed by atoms with Crippen LogP contribution in [-0.4, -0.2) is 42.0 Å². The maximum atomic E-state index is 11.9. The highest BCUT2D eigenvalue weighted by Crippen LogP contribution is 2.09. The summed E-state index contributed by atoms with van der Waals surface area (Å²) in [6.07, 6.45) is 2.14. The Morgan fingerprint density at radius 3 is 3.12 bits per heavy atom. The van der Waals surface area contributed by atoms with Crippen LogP contribution >= 0.6 is 11.6 Å². The molecule has 0 spiro atoms. The molecule has 0 saturated carbocycles. The van der Waals surface area contributed by atoms with Crippen molar-refractivity contribution >= 4 is 17.5 Å². The molecule has 1 N–H and O–H groups in total. The van der Waals surface area contributed by atoms with E-state index in [-0.39, 0.29) is 11.9 Å². The molecule has 1 aromatic heterocycles. The third-order valence-corrected chi connectivity index (χ3v) is 3.12. The molecule has 1 amide bonds. The van der Waals surface area contributed by atoms with E-state index in [1.54, 1.807) is 18.2 Å². The number of likely N-dealkylation sites (tertiary alicyclic amines) is 1. The molecule has 0 bridgehead atoms. The minimum Gasteiger partial charge on any atom is -0.347 e. The maximum absolute atomic E-state index is 11.9. The predicted molar refractivity (Wildman–Crippen MR) is 67.2 cm³/mol. The number of amides is 1. The molecule has 1 atom stereocenters. The van der Waals surface area contributed by atoms with Gasteiger partial charge in [0.15, 0.2) is 0 Å². The number of hydrogen-bond donors (Lipinski definition) is 1. The second-order valence-corrected chi connectivity index (χ2v) is 4.81. The highest BCUT2D eigenvalue weighted by Gasteiger charge is 2.19. The summed E-state index contributed by atoms with van der Waals surface area (Å²) in [5.74, 6) is -0.146. The number of likely N-dealkylation sites (N-methyl/N-ethyl adjacent to an activating group) is 1. The van der Waals surface area contributed by atoms with Crippen LogP contribution in [0, 0.1) is 0 Å². The van der Waals surface area contributed by atoms with Gasteiger partial charge in [-0.05, 0) is 38.6 Å². The fourth-order valence-electron chi connectivity index (χ4n) is 2.08. The van der Waals surface area contributed by atoms with E-state index < -0.39 is 0 Å². The lowest BCUT2D eigenvalue weighted by atomic mass is 10.1. The first-order valence-corrected chi connectivity index (χ1v) is 6.15. The third kappa shape index (κ3) is 3.41. The van der Waals surface area contributed by atoms with Gasteiger partial charge in [0.1, 0.15) is 10.8 Å². The maximum Gasteiger partial charge on any atom is 0.270 e. The van der Waals surface area contributed by atoms with Crippen LogP contribution in [0.5, 0.6) is 0 Å². The average Bonchev–Trinajstić information content (AvgIpc) is 2.29. The summed E-state index contributed by atoms with van der Waals surface area (Å²) < 4.78 is 0. The molecule has 0 aliphatic carbocycles. The van der Waals surface area contributed by atoms with Crippen LogP contribution in [0.2, 0.25) is 5.15 Å². The van der Waals surface area contributed by atoms with Gasteiger partial charge in [-0.3, -0.25) is 4.79 Å². The summed E-state index contributed by atoms with van der Waals surface area (Å²) in [4.78, 5) is 18.1. The van der Waals surface area contributed by atoms with Gasteiger partial charge in [0.05, 0.1) is 0 Å². The van der Waals surface area contributed by atoms with Crippen LogP contribution in [0.15, 0.2) is 18.2 Å². The lowest BCUT2D eigenvalue weighted by Gasteiger charge is -2.30. The summed E-state index contributed by atoms with van der Waals surface area (Å²) in [5, 5.41) is 3.34. The van der Waals surface area contributed by atoms with Crippen LogP contribution in [0.25, 0.3) is 0 Å². The summed E-state index contributed by atoms with van der Waals surface area (Å²) in [6, 6.07) is 5.28. The van der Waals surface area contributed by atoms with Gasteiger partial charge in [0.25, 0.3) is 5.91 Å². The first-order valence-electron chi connectivity index (χ1n) is 5.77. The van der Waals surface area contributed by atoms with E-state index in [9.17, 15) is 4.79 Å². The minimum atomic E-state index is -0.146. The average molecular weight is 254 g/mol. The molecule has 1 aliphatic rings. The standard InChI is InChI=1S/C12H16ClN3O/c1-16-7-3-4-9(8-16)14-12(17)10-5-2-6-11(13)15-10/h2,5-6,9H,3-4,7-8H2,1H3,(H,14,17). The molecule has 1 aromatic rings. The molecular formula is C12H16ClN3O. The van der Waals surface area contributed by atoms with Crippen LogP contribution < -0.4 is 5.32 Å². The fraction of sp³-hybridized carbons (Fsp3) is 0.500.